The summed E-state index contributed by atoms with van der Waals surface area (Å²) in [7, 11) is 0. The van der Waals surface area contributed by atoms with Crippen molar-refractivity contribution < 1.29 is 9.53 Å². The Balaban J connectivity index is 1.48. The molecule has 1 aromatic carbocycles. The number of nitrogens with one attached hydrogen (secondary N) is 1. The van der Waals surface area contributed by atoms with E-state index < -0.39 is 0 Å². The number of ether oxygens (including phenoxy) is 1. The first kappa shape index (κ1) is 17.1. The summed E-state index contributed by atoms with van der Waals surface area (Å²) in [6.07, 6.45) is 0. The fourth-order valence-corrected chi connectivity index (χ4v) is 4.11. The van der Waals surface area contributed by atoms with Crippen LogP contribution >= 0.6 is 11.3 Å². The molecular weight excluding hydrogens is 346 g/mol. The average Bonchev–Trinajstić information content (AvgIpc) is 3.23. The maximum Gasteiger partial charge on any atom is 0.269 e. The van der Waals surface area contributed by atoms with Crippen LogP contribution in [0.15, 0.2) is 53.9 Å². The van der Waals surface area contributed by atoms with Crippen molar-refractivity contribution in [1.82, 2.24) is 15.2 Å². The monoisotopic (exact) mass is 367 g/mol. The number of pyridine rings is 1. The SMILES string of the molecule is O=C(NC[C@H](c1cccs1)N1CCOCC1)c1ccc2ccccc2n1. The van der Waals surface area contributed by atoms with Crippen LogP contribution in [0.2, 0.25) is 0 Å². The third-order valence-corrected chi connectivity index (χ3v) is 5.62. The van der Waals surface area contributed by atoms with Gasteiger partial charge in [0, 0.05) is 29.9 Å². The smallest absolute Gasteiger partial charge is 0.269 e. The number of fused-ring (bicyclic) bond motifs is 1. The molecular formula is C20H21N3O2S. The van der Waals surface area contributed by atoms with Crippen molar-refractivity contribution in [1.29, 1.82) is 0 Å². The van der Waals surface area contributed by atoms with Gasteiger partial charge in [0.2, 0.25) is 0 Å². The van der Waals surface area contributed by atoms with Gasteiger partial charge in [-0.15, -0.1) is 11.3 Å². The zero-order valence-electron chi connectivity index (χ0n) is 14.4. The number of amides is 1. The van der Waals surface area contributed by atoms with Crippen molar-refractivity contribution in [3.63, 3.8) is 0 Å². The fourth-order valence-electron chi connectivity index (χ4n) is 3.25. The number of hydrogen-bond acceptors (Lipinski definition) is 5. The molecule has 4 rings (SSSR count). The van der Waals surface area contributed by atoms with Crippen LogP contribution in [-0.4, -0.2) is 48.6 Å². The summed E-state index contributed by atoms with van der Waals surface area (Å²) in [6.45, 7) is 3.80. The molecule has 3 heterocycles. The number of para-hydroxylation sites is 1. The van der Waals surface area contributed by atoms with E-state index in [1.807, 2.05) is 30.3 Å². The van der Waals surface area contributed by atoms with Crippen molar-refractivity contribution >= 4 is 28.1 Å². The van der Waals surface area contributed by atoms with E-state index in [0.717, 1.165) is 37.2 Å². The Morgan fingerprint density at radius 3 is 2.81 bits per heavy atom. The summed E-state index contributed by atoms with van der Waals surface area (Å²) in [5.74, 6) is -0.134. The molecule has 1 amide bonds. The molecule has 5 nitrogen and oxygen atoms in total. The molecule has 1 saturated heterocycles. The van der Waals surface area contributed by atoms with Crippen LogP contribution < -0.4 is 5.32 Å². The van der Waals surface area contributed by atoms with Crippen LogP contribution in [0.4, 0.5) is 0 Å². The summed E-state index contributed by atoms with van der Waals surface area (Å²) >= 11 is 1.72. The Kier molecular flexibility index (Phi) is 5.24. The highest BCUT2D eigenvalue weighted by Gasteiger charge is 2.24. The van der Waals surface area contributed by atoms with E-state index in [0.29, 0.717) is 12.2 Å². The second-order valence-corrected chi connectivity index (χ2v) is 7.26. The predicted octanol–water partition coefficient (Wildman–Crippen LogP) is 3.10. The molecule has 0 aliphatic carbocycles. The maximum atomic E-state index is 12.6. The number of rotatable bonds is 5. The van der Waals surface area contributed by atoms with Gasteiger partial charge in [-0.1, -0.05) is 30.3 Å². The normalized spacial score (nSPS) is 16.5. The molecule has 1 aliphatic rings. The Morgan fingerprint density at radius 1 is 1.15 bits per heavy atom. The van der Waals surface area contributed by atoms with Gasteiger partial charge in [-0.3, -0.25) is 9.69 Å². The van der Waals surface area contributed by atoms with Crippen LogP contribution in [0.5, 0.6) is 0 Å². The summed E-state index contributed by atoms with van der Waals surface area (Å²) in [6, 6.07) is 15.9. The van der Waals surface area contributed by atoms with E-state index in [2.05, 4.69) is 32.7 Å². The molecule has 0 saturated carbocycles. The summed E-state index contributed by atoms with van der Waals surface area (Å²) in [5, 5.41) is 6.19. The van der Waals surface area contributed by atoms with Gasteiger partial charge in [0.15, 0.2) is 0 Å². The second kappa shape index (κ2) is 7.95. The molecule has 3 aromatic rings. The zero-order valence-corrected chi connectivity index (χ0v) is 15.2. The molecule has 0 radical (unpaired) electrons. The summed E-state index contributed by atoms with van der Waals surface area (Å²) < 4.78 is 5.47. The van der Waals surface area contributed by atoms with Crippen LogP contribution in [-0.2, 0) is 4.74 Å². The topological polar surface area (TPSA) is 54.5 Å². The largest absolute Gasteiger partial charge is 0.379 e. The minimum Gasteiger partial charge on any atom is -0.379 e. The number of hydrogen-bond donors (Lipinski definition) is 1. The Labute approximate surface area is 156 Å². The fraction of sp³-hybridized carbons (Fsp3) is 0.300. The standard InChI is InChI=1S/C20H21N3O2S/c24-20(17-8-7-15-4-1-2-5-16(15)22-17)21-14-18(19-6-3-13-26-19)23-9-11-25-12-10-23/h1-8,13,18H,9-12,14H2,(H,21,24)/t18-/m1/s1. The molecule has 1 atom stereocenters. The lowest BCUT2D eigenvalue weighted by molar-refractivity contribution is 0.0169. The average molecular weight is 367 g/mol. The van der Waals surface area contributed by atoms with Gasteiger partial charge in [0.05, 0.1) is 24.8 Å². The van der Waals surface area contributed by atoms with Gasteiger partial charge in [0.1, 0.15) is 5.69 Å². The Morgan fingerprint density at radius 2 is 2.00 bits per heavy atom. The highest BCUT2D eigenvalue weighted by molar-refractivity contribution is 7.10. The van der Waals surface area contributed by atoms with Crippen molar-refractivity contribution in [3.05, 3.63) is 64.5 Å². The minimum absolute atomic E-state index is 0.134. The van der Waals surface area contributed by atoms with Crippen molar-refractivity contribution in [2.75, 3.05) is 32.8 Å². The highest BCUT2D eigenvalue weighted by Crippen LogP contribution is 2.25. The molecule has 1 N–H and O–H groups in total. The second-order valence-electron chi connectivity index (χ2n) is 6.28. The lowest BCUT2D eigenvalue weighted by atomic mass is 10.1. The van der Waals surface area contributed by atoms with Gasteiger partial charge < -0.3 is 10.1 Å². The van der Waals surface area contributed by atoms with Gasteiger partial charge in [-0.2, -0.15) is 0 Å². The molecule has 1 fully saturated rings. The first-order chi connectivity index (χ1) is 12.8. The maximum absolute atomic E-state index is 12.6. The van der Waals surface area contributed by atoms with E-state index in [-0.39, 0.29) is 11.9 Å². The van der Waals surface area contributed by atoms with Gasteiger partial charge in [-0.05, 0) is 23.6 Å². The number of benzene rings is 1. The molecule has 0 bridgehead atoms. The van der Waals surface area contributed by atoms with E-state index >= 15 is 0 Å². The van der Waals surface area contributed by atoms with Crippen molar-refractivity contribution in [2.45, 2.75) is 6.04 Å². The third-order valence-electron chi connectivity index (χ3n) is 4.65. The predicted molar refractivity (Wildman–Crippen MR) is 104 cm³/mol. The number of nitrogens with zero attached hydrogens (tertiary/aromatic N) is 2. The summed E-state index contributed by atoms with van der Waals surface area (Å²) in [5.41, 5.74) is 1.29. The number of carbonyl (C=O) groups is 1. The molecule has 134 valence electrons. The van der Waals surface area contributed by atoms with Gasteiger partial charge in [-0.25, -0.2) is 4.98 Å². The van der Waals surface area contributed by atoms with E-state index in [1.54, 1.807) is 17.4 Å². The lowest BCUT2D eigenvalue weighted by Gasteiger charge is -2.34. The minimum atomic E-state index is -0.134. The Bertz CT molecular complexity index is 876. The van der Waals surface area contributed by atoms with E-state index in [1.165, 1.54) is 4.88 Å². The molecule has 6 heteroatoms. The van der Waals surface area contributed by atoms with Crippen LogP contribution in [0.3, 0.4) is 0 Å². The number of aromatic nitrogens is 1. The van der Waals surface area contributed by atoms with Crippen molar-refractivity contribution in [2.24, 2.45) is 0 Å². The number of carbonyl (C=O) groups excluding carboxylic acids is 1. The van der Waals surface area contributed by atoms with Gasteiger partial charge >= 0.3 is 0 Å². The van der Waals surface area contributed by atoms with Crippen LogP contribution in [0, 0.1) is 0 Å². The van der Waals surface area contributed by atoms with Crippen molar-refractivity contribution in [3.8, 4) is 0 Å². The van der Waals surface area contributed by atoms with E-state index in [9.17, 15) is 4.79 Å². The number of thiophene rings is 1. The third kappa shape index (κ3) is 3.77. The first-order valence-electron chi connectivity index (χ1n) is 8.80. The quantitative estimate of drug-likeness (QED) is 0.753. The molecule has 26 heavy (non-hydrogen) atoms. The zero-order chi connectivity index (χ0) is 17.8. The van der Waals surface area contributed by atoms with Crippen LogP contribution in [0.25, 0.3) is 10.9 Å². The molecule has 0 unspecified atom stereocenters. The van der Waals surface area contributed by atoms with Crippen LogP contribution in [0.1, 0.15) is 21.4 Å². The Hall–Kier alpha value is -2.28. The van der Waals surface area contributed by atoms with E-state index in [4.69, 9.17) is 4.74 Å². The highest BCUT2D eigenvalue weighted by atomic mass is 32.1. The first-order valence-corrected chi connectivity index (χ1v) is 9.68. The molecule has 1 aliphatic heterocycles. The summed E-state index contributed by atoms with van der Waals surface area (Å²) in [4.78, 5) is 20.8. The van der Waals surface area contributed by atoms with Gasteiger partial charge in [0.25, 0.3) is 5.91 Å². The molecule has 2 aromatic heterocycles. The number of morpholine rings is 1. The molecule has 0 spiro atoms. The lowest BCUT2D eigenvalue weighted by Crippen LogP contribution is -2.43.